The first-order valence-electron chi connectivity index (χ1n) is 5.19. The zero-order valence-corrected chi connectivity index (χ0v) is 10.2. The van der Waals surface area contributed by atoms with Gasteiger partial charge in [0.1, 0.15) is 0 Å². The number of hydrogen-bond acceptors (Lipinski definition) is 3. The number of nitrogens with zero attached hydrogens (tertiary/aromatic N) is 1. The Morgan fingerprint density at radius 1 is 1.27 bits per heavy atom. The molecule has 0 heterocycles. The predicted molar refractivity (Wildman–Crippen MR) is 66.3 cm³/mol. The third kappa shape index (κ3) is 5.82. The maximum Gasteiger partial charge on any atom is 0.0646 e. The van der Waals surface area contributed by atoms with Crippen molar-refractivity contribution >= 4 is 11.8 Å². The summed E-state index contributed by atoms with van der Waals surface area (Å²) in [6.45, 7) is 0.941. The van der Waals surface area contributed by atoms with Gasteiger partial charge in [0.25, 0.3) is 0 Å². The lowest BCUT2D eigenvalue weighted by atomic mass is 10.3. The highest BCUT2D eigenvalue weighted by Gasteiger charge is 2.05. The van der Waals surface area contributed by atoms with Crippen LogP contribution in [-0.2, 0) is 0 Å². The first-order valence-corrected chi connectivity index (χ1v) is 6.17. The van der Waals surface area contributed by atoms with Gasteiger partial charge in [0, 0.05) is 17.2 Å². The molecule has 2 nitrogen and oxygen atoms in total. The van der Waals surface area contributed by atoms with Crippen LogP contribution in [0.3, 0.4) is 0 Å². The molecule has 1 N–H and O–H groups in total. The van der Waals surface area contributed by atoms with Gasteiger partial charge in [-0.15, -0.1) is 11.8 Å². The highest BCUT2D eigenvalue weighted by molar-refractivity contribution is 7.99. The van der Waals surface area contributed by atoms with Crippen molar-refractivity contribution in [3.63, 3.8) is 0 Å². The van der Waals surface area contributed by atoms with Gasteiger partial charge in [-0.1, -0.05) is 18.2 Å². The van der Waals surface area contributed by atoms with Crippen LogP contribution in [0.5, 0.6) is 0 Å². The minimum absolute atomic E-state index is 0.211. The minimum Gasteiger partial charge on any atom is -0.392 e. The van der Waals surface area contributed by atoms with Gasteiger partial charge < -0.3 is 10.0 Å². The van der Waals surface area contributed by atoms with Crippen molar-refractivity contribution in [3.05, 3.63) is 30.3 Å². The summed E-state index contributed by atoms with van der Waals surface area (Å²) >= 11 is 1.71. The zero-order chi connectivity index (χ0) is 11.1. The predicted octanol–water partition coefficient (Wildman–Crippen LogP) is 2.09. The Labute approximate surface area is 96.3 Å². The van der Waals surface area contributed by atoms with E-state index in [1.165, 1.54) is 4.90 Å². The molecule has 1 rings (SSSR count). The second kappa shape index (κ2) is 6.88. The molecule has 0 saturated carbocycles. The highest BCUT2D eigenvalue weighted by atomic mass is 32.2. The van der Waals surface area contributed by atoms with Crippen LogP contribution in [-0.4, -0.2) is 42.5 Å². The van der Waals surface area contributed by atoms with Crippen molar-refractivity contribution in [1.29, 1.82) is 0 Å². The fraction of sp³-hybridized carbons (Fsp3) is 0.500. The van der Waals surface area contributed by atoms with E-state index in [1.54, 1.807) is 11.8 Å². The molecule has 0 aliphatic rings. The van der Waals surface area contributed by atoms with E-state index in [1.807, 2.05) is 32.3 Å². The lowest BCUT2D eigenvalue weighted by Gasteiger charge is -2.13. The monoisotopic (exact) mass is 225 g/mol. The molecule has 0 fully saturated rings. The van der Waals surface area contributed by atoms with E-state index in [2.05, 4.69) is 17.0 Å². The number of aliphatic hydroxyl groups is 1. The summed E-state index contributed by atoms with van der Waals surface area (Å²) in [4.78, 5) is 3.32. The fourth-order valence-electron chi connectivity index (χ4n) is 1.20. The Bertz CT molecular complexity index is 264. The molecule has 0 aliphatic heterocycles. The summed E-state index contributed by atoms with van der Waals surface area (Å²) in [6, 6.07) is 10.2. The molecule has 1 aromatic carbocycles. The quantitative estimate of drug-likeness (QED) is 0.750. The molecular weight excluding hydrogens is 206 g/mol. The highest BCUT2D eigenvalue weighted by Crippen LogP contribution is 2.18. The van der Waals surface area contributed by atoms with Crippen molar-refractivity contribution in [1.82, 2.24) is 4.90 Å². The summed E-state index contributed by atoms with van der Waals surface area (Å²) in [5.41, 5.74) is 0. The Hall–Kier alpha value is -0.510. The average Bonchev–Trinajstić information content (AvgIpc) is 2.25. The smallest absolute Gasteiger partial charge is 0.0646 e. The van der Waals surface area contributed by atoms with Crippen LogP contribution in [0.1, 0.15) is 6.42 Å². The Kier molecular flexibility index (Phi) is 5.76. The lowest BCUT2D eigenvalue weighted by molar-refractivity contribution is 0.174. The van der Waals surface area contributed by atoms with Gasteiger partial charge >= 0.3 is 0 Å². The molecule has 3 heteroatoms. The molecular formula is C12H19NOS. The van der Waals surface area contributed by atoms with Gasteiger partial charge in [0.05, 0.1) is 6.10 Å². The van der Waals surface area contributed by atoms with Crippen LogP contribution in [0.2, 0.25) is 0 Å². The van der Waals surface area contributed by atoms with E-state index in [9.17, 15) is 5.11 Å². The summed E-state index contributed by atoms with van der Waals surface area (Å²) in [5, 5.41) is 9.71. The standard InChI is InChI=1S/C12H19NOS/c1-13(2)9-8-11(14)10-15-12-6-4-3-5-7-12/h3-7,11,14H,8-10H2,1-2H3/t11-/m1/s1. The summed E-state index contributed by atoms with van der Waals surface area (Å²) < 4.78 is 0. The first-order chi connectivity index (χ1) is 7.18. The molecule has 0 aliphatic carbocycles. The van der Waals surface area contributed by atoms with Crippen LogP contribution in [0.15, 0.2) is 35.2 Å². The fourth-order valence-corrected chi connectivity index (χ4v) is 2.10. The van der Waals surface area contributed by atoms with E-state index < -0.39 is 0 Å². The van der Waals surface area contributed by atoms with E-state index >= 15 is 0 Å². The third-order valence-electron chi connectivity index (χ3n) is 2.10. The molecule has 0 radical (unpaired) electrons. The van der Waals surface area contributed by atoms with Crippen LogP contribution in [0, 0.1) is 0 Å². The van der Waals surface area contributed by atoms with Crippen LogP contribution < -0.4 is 0 Å². The molecule has 0 amide bonds. The number of aliphatic hydroxyl groups excluding tert-OH is 1. The van der Waals surface area contributed by atoms with E-state index in [0.29, 0.717) is 0 Å². The molecule has 15 heavy (non-hydrogen) atoms. The van der Waals surface area contributed by atoms with Gasteiger partial charge in [-0.05, 0) is 32.6 Å². The zero-order valence-electron chi connectivity index (χ0n) is 9.39. The molecule has 1 aromatic rings. The summed E-state index contributed by atoms with van der Waals surface area (Å²) in [6.07, 6.45) is 0.630. The molecule has 0 aromatic heterocycles. The van der Waals surface area contributed by atoms with Crippen molar-refractivity contribution in [3.8, 4) is 0 Å². The van der Waals surface area contributed by atoms with Gasteiger partial charge in [-0.25, -0.2) is 0 Å². The SMILES string of the molecule is CN(C)CC[C@@H](O)CSc1ccccc1. The number of hydrogen-bond donors (Lipinski definition) is 1. The number of rotatable bonds is 6. The Balaban J connectivity index is 2.19. The largest absolute Gasteiger partial charge is 0.392 e. The van der Waals surface area contributed by atoms with Crippen molar-refractivity contribution in [2.45, 2.75) is 17.4 Å². The second-order valence-corrected chi connectivity index (χ2v) is 4.96. The molecule has 0 saturated heterocycles. The molecule has 0 unspecified atom stereocenters. The minimum atomic E-state index is -0.211. The van der Waals surface area contributed by atoms with Crippen LogP contribution >= 0.6 is 11.8 Å². The number of thioether (sulfide) groups is 1. The van der Waals surface area contributed by atoms with Gasteiger partial charge in [0.15, 0.2) is 0 Å². The summed E-state index contributed by atoms with van der Waals surface area (Å²) in [5.74, 6) is 0.776. The van der Waals surface area contributed by atoms with Crippen LogP contribution in [0.4, 0.5) is 0 Å². The van der Waals surface area contributed by atoms with E-state index in [4.69, 9.17) is 0 Å². The maximum atomic E-state index is 9.71. The first kappa shape index (κ1) is 12.6. The Morgan fingerprint density at radius 2 is 1.93 bits per heavy atom. The molecule has 84 valence electrons. The lowest BCUT2D eigenvalue weighted by Crippen LogP contribution is -2.20. The van der Waals surface area contributed by atoms with E-state index in [-0.39, 0.29) is 6.10 Å². The van der Waals surface area contributed by atoms with Crippen LogP contribution in [0.25, 0.3) is 0 Å². The Morgan fingerprint density at radius 3 is 2.53 bits per heavy atom. The van der Waals surface area contributed by atoms with Gasteiger partial charge in [-0.2, -0.15) is 0 Å². The van der Waals surface area contributed by atoms with Crippen molar-refractivity contribution < 1.29 is 5.11 Å². The normalized spacial score (nSPS) is 13.1. The molecule has 1 atom stereocenters. The topological polar surface area (TPSA) is 23.5 Å². The maximum absolute atomic E-state index is 9.71. The molecule has 0 bridgehead atoms. The van der Waals surface area contributed by atoms with Gasteiger partial charge in [0.2, 0.25) is 0 Å². The van der Waals surface area contributed by atoms with Crippen molar-refractivity contribution in [2.24, 2.45) is 0 Å². The average molecular weight is 225 g/mol. The van der Waals surface area contributed by atoms with E-state index in [0.717, 1.165) is 18.7 Å². The van der Waals surface area contributed by atoms with Gasteiger partial charge in [-0.3, -0.25) is 0 Å². The molecule has 0 spiro atoms. The third-order valence-corrected chi connectivity index (χ3v) is 3.25. The summed E-state index contributed by atoms with van der Waals surface area (Å²) in [7, 11) is 4.05. The number of benzene rings is 1. The van der Waals surface area contributed by atoms with Crippen molar-refractivity contribution in [2.75, 3.05) is 26.4 Å². The second-order valence-electron chi connectivity index (χ2n) is 3.87.